The Morgan fingerprint density at radius 1 is 1.16 bits per heavy atom. The molecule has 0 fully saturated rings. The van der Waals surface area contributed by atoms with Gasteiger partial charge < -0.3 is 9.47 Å². The average Bonchev–Trinajstić information content (AvgIpc) is 3.11. The highest BCUT2D eigenvalue weighted by Gasteiger charge is 2.22. The molecule has 0 atom stereocenters. The summed E-state index contributed by atoms with van der Waals surface area (Å²) in [7, 11) is 3.16. The van der Waals surface area contributed by atoms with Gasteiger partial charge in [-0.25, -0.2) is 9.40 Å². The van der Waals surface area contributed by atoms with Crippen molar-refractivity contribution in [3.8, 4) is 11.5 Å². The minimum Gasteiger partial charge on any atom is -0.493 e. The highest BCUT2D eigenvalue weighted by molar-refractivity contribution is 6.03. The minimum atomic E-state index is -0.346. The van der Waals surface area contributed by atoms with E-state index in [4.69, 9.17) is 9.47 Å². The molecular weight excluding hydrogens is 323 g/mol. The predicted octanol–water partition coefficient (Wildman–Crippen LogP) is 3.02. The molecule has 1 aliphatic heterocycles. The third-order valence-corrected chi connectivity index (χ3v) is 4.05. The largest absolute Gasteiger partial charge is 0.493 e. The van der Waals surface area contributed by atoms with Gasteiger partial charge in [0.25, 0.3) is 0 Å². The maximum atomic E-state index is 13.2. The molecule has 130 valence electrons. The van der Waals surface area contributed by atoms with Crippen LogP contribution in [-0.4, -0.2) is 37.4 Å². The number of hydrogen-bond acceptors (Lipinski definition) is 4. The molecule has 0 saturated heterocycles. The lowest BCUT2D eigenvalue weighted by atomic mass is 10.1. The molecule has 3 rings (SSSR count). The van der Waals surface area contributed by atoms with Gasteiger partial charge in [-0.15, -0.1) is 0 Å². The van der Waals surface area contributed by atoms with Gasteiger partial charge >= 0.3 is 0 Å². The maximum Gasteiger partial charge on any atom is 0.247 e. The standard InChI is InChI=1S/C19H19FN2O3/c1-24-17-7-6-14(12-18(17)25-2)16-8-9-22(21-16)19(23)11-13-4-3-5-15(20)10-13/h3-7,10,12H,8-9,11H2,1-2H3. The molecule has 25 heavy (non-hydrogen) atoms. The van der Waals surface area contributed by atoms with Gasteiger partial charge in [-0.1, -0.05) is 12.1 Å². The Kier molecular flexibility index (Phi) is 4.97. The van der Waals surface area contributed by atoms with Gasteiger partial charge in [-0.2, -0.15) is 5.10 Å². The fourth-order valence-electron chi connectivity index (χ4n) is 2.77. The number of carbonyl (C=O) groups excluding carboxylic acids is 1. The highest BCUT2D eigenvalue weighted by atomic mass is 19.1. The van der Waals surface area contributed by atoms with E-state index in [1.165, 1.54) is 17.1 Å². The van der Waals surface area contributed by atoms with Crippen molar-refractivity contribution in [2.45, 2.75) is 12.8 Å². The third kappa shape index (κ3) is 3.79. The van der Waals surface area contributed by atoms with E-state index in [0.717, 1.165) is 11.3 Å². The lowest BCUT2D eigenvalue weighted by Crippen LogP contribution is -2.25. The van der Waals surface area contributed by atoms with Crippen LogP contribution in [0.25, 0.3) is 0 Å². The van der Waals surface area contributed by atoms with Crippen molar-refractivity contribution >= 4 is 11.6 Å². The fourth-order valence-corrected chi connectivity index (χ4v) is 2.77. The van der Waals surface area contributed by atoms with Crippen molar-refractivity contribution in [3.05, 3.63) is 59.4 Å². The van der Waals surface area contributed by atoms with Gasteiger partial charge in [-0.3, -0.25) is 4.79 Å². The molecule has 0 aromatic heterocycles. The molecule has 0 N–H and O–H groups in total. The summed E-state index contributed by atoms with van der Waals surface area (Å²) in [5.41, 5.74) is 2.34. The summed E-state index contributed by atoms with van der Waals surface area (Å²) in [6, 6.07) is 11.6. The van der Waals surface area contributed by atoms with Gasteiger partial charge in [0.15, 0.2) is 11.5 Å². The summed E-state index contributed by atoms with van der Waals surface area (Å²) >= 11 is 0. The molecule has 2 aromatic carbocycles. The summed E-state index contributed by atoms with van der Waals surface area (Å²) in [4.78, 5) is 12.4. The van der Waals surface area contributed by atoms with E-state index >= 15 is 0 Å². The van der Waals surface area contributed by atoms with Crippen LogP contribution in [0.1, 0.15) is 17.5 Å². The second-order valence-corrected chi connectivity index (χ2v) is 5.69. The average molecular weight is 342 g/mol. The van der Waals surface area contributed by atoms with Crippen LogP contribution >= 0.6 is 0 Å². The summed E-state index contributed by atoms with van der Waals surface area (Å²) in [5, 5.41) is 5.86. The number of benzene rings is 2. The smallest absolute Gasteiger partial charge is 0.247 e. The summed E-state index contributed by atoms with van der Waals surface area (Å²) in [6.45, 7) is 0.512. The summed E-state index contributed by atoms with van der Waals surface area (Å²) in [5.74, 6) is 0.762. The molecule has 0 spiro atoms. The normalized spacial score (nSPS) is 13.6. The number of methoxy groups -OCH3 is 2. The van der Waals surface area contributed by atoms with E-state index in [1.807, 2.05) is 18.2 Å². The Labute approximate surface area is 145 Å². The molecule has 2 aromatic rings. The van der Waals surface area contributed by atoms with Crippen molar-refractivity contribution in [1.82, 2.24) is 5.01 Å². The van der Waals surface area contributed by atoms with Crippen LogP contribution in [0.3, 0.4) is 0 Å². The zero-order valence-electron chi connectivity index (χ0n) is 14.2. The Hall–Kier alpha value is -2.89. The molecule has 5 nitrogen and oxygen atoms in total. The van der Waals surface area contributed by atoms with Gasteiger partial charge in [0, 0.05) is 12.0 Å². The topological polar surface area (TPSA) is 51.1 Å². The van der Waals surface area contributed by atoms with E-state index in [-0.39, 0.29) is 18.1 Å². The molecule has 0 saturated carbocycles. The molecular formula is C19H19FN2O3. The van der Waals surface area contributed by atoms with Crippen LogP contribution in [0.15, 0.2) is 47.6 Å². The molecule has 6 heteroatoms. The van der Waals surface area contributed by atoms with Crippen LogP contribution < -0.4 is 9.47 Å². The Morgan fingerprint density at radius 3 is 2.68 bits per heavy atom. The quantitative estimate of drug-likeness (QED) is 0.839. The van der Waals surface area contributed by atoms with Crippen LogP contribution in [0.4, 0.5) is 4.39 Å². The molecule has 0 radical (unpaired) electrons. The van der Waals surface area contributed by atoms with Crippen LogP contribution in [0.2, 0.25) is 0 Å². The number of rotatable bonds is 5. The van der Waals surface area contributed by atoms with Gasteiger partial charge in [-0.05, 0) is 35.9 Å². The van der Waals surface area contributed by atoms with Gasteiger partial charge in [0.1, 0.15) is 5.82 Å². The van der Waals surface area contributed by atoms with E-state index in [2.05, 4.69) is 5.10 Å². The first kappa shape index (κ1) is 17.0. The van der Waals surface area contributed by atoms with Crippen molar-refractivity contribution in [3.63, 3.8) is 0 Å². The zero-order chi connectivity index (χ0) is 17.8. The van der Waals surface area contributed by atoms with Crippen LogP contribution in [0.5, 0.6) is 11.5 Å². The summed E-state index contributed by atoms with van der Waals surface area (Å²) in [6.07, 6.45) is 0.783. The Morgan fingerprint density at radius 2 is 1.96 bits per heavy atom. The van der Waals surface area contributed by atoms with E-state index in [1.54, 1.807) is 26.4 Å². The van der Waals surface area contributed by atoms with E-state index in [0.29, 0.717) is 30.0 Å². The van der Waals surface area contributed by atoms with Crippen molar-refractivity contribution < 1.29 is 18.7 Å². The Bertz CT molecular complexity index is 820. The zero-order valence-corrected chi connectivity index (χ0v) is 14.2. The minimum absolute atomic E-state index is 0.125. The predicted molar refractivity (Wildman–Crippen MR) is 92.5 cm³/mol. The van der Waals surface area contributed by atoms with Gasteiger partial charge in [0.2, 0.25) is 5.91 Å². The van der Waals surface area contributed by atoms with Gasteiger partial charge in [0.05, 0.1) is 32.9 Å². The fraction of sp³-hybridized carbons (Fsp3) is 0.263. The first-order chi connectivity index (χ1) is 12.1. The lowest BCUT2D eigenvalue weighted by molar-refractivity contribution is -0.130. The molecule has 0 unspecified atom stereocenters. The van der Waals surface area contributed by atoms with E-state index in [9.17, 15) is 9.18 Å². The molecule has 0 bridgehead atoms. The third-order valence-electron chi connectivity index (χ3n) is 4.05. The maximum absolute atomic E-state index is 13.2. The van der Waals surface area contributed by atoms with Crippen LogP contribution in [-0.2, 0) is 11.2 Å². The Balaban J connectivity index is 1.74. The monoisotopic (exact) mass is 342 g/mol. The molecule has 1 amide bonds. The number of hydrogen-bond donors (Lipinski definition) is 0. The first-order valence-electron chi connectivity index (χ1n) is 7.95. The number of hydrazone groups is 1. The van der Waals surface area contributed by atoms with E-state index < -0.39 is 0 Å². The summed E-state index contributed by atoms with van der Waals surface area (Å²) < 4.78 is 23.8. The highest BCUT2D eigenvalue weighted by Crippen LogP contribution is 2.29. The number of ether oxygens (including phenoxy) is 2. The lowest BCUT2D eigenvalue weighted by Gasteiger charge is -2.11. The SMILES string of the molecule is COc1ccc(C2=NN(C(=O)Cc3cccc(F)c3)CC2)cc1OC. The molecule has 1 heterocycles. The second kappa shape index (κ2) is 7.34. The first-order valence-corrected chi connectivity index (χ1v) is 7.95. The van der Waals surface area contributed by atoms with Crippen molar-refractivity contribution in [2.24, 2.45) is 5.10 Å². The number of nitrogens with zero attached hydrogens (tertiary/aromatic N) is 2. The molecule has 1 aliphatic rings. The van der Waals surface area contributed by atoms with Crippen molar-refractivity contribution in [2.75, 3.05) is 20.8 Å². The number of carbonyl (C=O) groups is 1. The van der Waals surface area contributed by atoms with Crippen molar-refractivity contribution in [1.29, 1.82) is 0 Å². The second-order valence-electron chi connectivity index (χ2n) is 5.69. The number of amides is 1. The number of halogens is 1. The molecule has 0 aliphatic carbocycles. The van der Waals surface area contributed by atoms with Crippen LogP contribution in [0, 0.1) is 5.82 Å².